The van der Waals surface area contributed by atoms with Gasteiger partial charge in [-0.1, -0.05) is 12.0 Å². The van der Waals surface area contributed by atoms with Crippen molar-refractivity contribution in [2.45, 2.75) is 69.1 Å². The highest BCUT2D eigenvalue weighted by molar-refractivity contribution is 5.95. The van der Waals surface area contributed by atoms with Crippen molar-refractivity contribution < 1.29 is 37.2 Å². The maximum atomic E-state index is 15.0. The van der Waals surface area contributed by atoms with Gasteiger partial charge in [0.15, 0.2) is 18.3 Å². The molecule has 2 atom stereocenters. The summed E-state index contributed by atoms with van der Waals surface area (Å²) in [5.74, 6) is 0.223. The molecule has 0 bridgehead atoms. The maximum absolute atomic E-state index is 15.0. The highest BCUT2D eigenvalue weighted by Crippen LogP contribution is 2.44. The lowest BCUT2D eigenvalue weighted by Crippen LogP contribution is -2.46. The minimum Gasteiger partial charge on any atom is -0.467 e. The molecule has 2 aliphatic heterocycles. The lowest BCUT2D eigenvalue weighted by Gasteiger charge is -2.38. The molecule has 0 amide bonds. The van der Waals surface area contributed by atoms with E-state index in [1.807, 2.05) is 9.47 Å². The molecule has 2 aromatic carbocycles. The number of imidazole rings is 1. The van der Waals surface area contributed by atoms with Crippen LogP contribution in [-0.2, 0) is 4.74 Å². The minimum atomic E-state index is -2.80. The molecule has 49 heavy (non-hydrogen) atoms. The first-order valence-corrected chi connectivity index (χ1v) is 16.5. The molecule has 1 aliphatic carbocycles. The van der Waals surface area contributed by atoms with Crippen LogP contribution < -0.4 is 19.1 Å². The molecular weight excluding hydrogens is 641 g/mol. The van der Waals surface area contributed by atoms with E-state index in [0.717, 1.165) is 25.7 Å². The third-order valence-electron chi connectivity index (χ3n) is 9.63. The molecule has 3 fully saturated rings. The quantitative estimate of drug-likeness (QED) is 0.166. The number of methoxy groups -OCH3 is 1. The first-order valence-electron chi connectivity index (χ1n) is 16.5. The normalized spacial score (nSPS) is 22.7. The number of likely N-dealkylation sites (tertiary alicyclic amines) is 1. The summed E-state index contributed by atoms with van der Waals surface area (Å²) >= 11 is 0. The molecule has 14 heteroatoms. The van der Waals surface area contributed by atoms with Crippen LogP contribution >= 0.6 is 0 Å². The summed E-state index contributed by atoms with van der Waals surface area (Å²) in [5, 5.41) is 12.0. The number of hydrogen-bond acceptors (Lipinski definition) is 10. The Morgan fingerprint density at radius 1 is 1.10 bits per heavy atom. The molecule has 2 aromatic heterocycles. The van der Waals surface area contributed by atoms with Crippen LogP contribution in [0, 0.1) is 18.2 Å². The van der Waals surface area contributed by atoms with Crippen molar-refractivity contribution in [2.24, 2.45) is 0 Å². The Morgan fingerprint density at radius 2 is 1.92 bits per heavy atom. The van der Waals surface area contributed by atoms with Gasteiger partial charge >= 0.3 is 12.0 Å². The Kier molecular flexibility index (Phi) is 8.71. The van der Waals surface area contributed by atoms with Crippen molar-refractivity contribution >= 4 is 27.8 Å². The topological polar surface area (TPSA) is 107 Å². The molecule has 3 aliphatic rings. The molecule has 1 saturated carbocycles. The molecule has 260 valence electrons. The van der Waals surface area contributed by atoms with Crippen LogP contribution in [0.1, 0.15) is 57.1 Å². The van der Waals surface area contributed by atoms with Crippen molar-refractivity contribution in [3.63, 3.8) is 0 Å². The number of halogens is 3. The fraction of sp³-hybridized carbons (Fsp3) is 0.514. The van der Waals surface area contributed by atoms with Crippen LogP contribution in [-0.4, -0.2) is 94.3 Å². The number of aliphatic hydroxyl groups is 1. The summed E-state index contributed by atoms with van der Waals surface area (Å²) < 4.78 is 68.6. The number of ether oxygens (including phenoxy) is 4. The van der Waals surface area contributed by atoms with Crippen LogP contribution in [0.4, 0.5) is 19.0 Å². The molecule has 11 nitrogen and oxygen atoms in total. The van der Waals surface area contributed by atoms with Gasteiger partial charge in [-0.3, -0.25) is 9.47 Å². The average molecular weight is 681 g/mol. The van der Waals surface area contributed by atoms with E-state index < -0.39 is 23.4 Å². The Labute approximate surface area is 281 Å². The third-order valence-corrected chi connectivity index (χ3v) is 9.63. The molecule has 0 unspecified atom stereocenters. The minimum absolute atomic E-state index is 0.00295. The lowest BCUT2D eigenvalue weighted by molar-refractivity contribution is 0.0136. The van der Waals surface area contributed by atoms with E-state index in [1.54, 1.807) is 37.1 Å². The van der Waals surface area contributed by atoms with Crippen molar-refractivity contribution in [3.8, 4) is 35.9 Å². The molecule has 1 N–H and O–H groups in total. The van der Waals surface area contributed by atoms with Crippen molar-refractivity contribution in [1.82, 2.24) is 24.4 Å². The first-order chi connectivity index (χ1) is 23.4. The summed E-state index contributed by atoms with van der Waals surface area (Å²) in [4.78, 5) is 17.9. The fourth-order valence-electron chi connectivity index (χ4n) is 7.01. The van der Waals surface area contributed by atoms with Gasteiger partial charge in [0.25, 0.3) is 5.92 Å². The molecule has 0 radical (unpaired) electrons. The summed E-state index contributed by atoms with van der Waals surface area (Å²) in [7, 11) is 3.14. The Morgan fingerprint density at radius 3 is 2.59 bits per heavy atom. The van der Waals surface area contributed by atoms with Crippen LogP contribution in [0.5, 0.6) is 23.5 Å². The summed E-state index contributed by atoms with van der Waals surface area (Å²) in [6, 6.07) is 5.88. The number of terminal acetylenes is 1. The van der Waals surface area contributed by atoms with Gasteiger partial charge in [0, 0.05) is 50.2 Å². The monoisotopic (exact) mass is 680 g/mol. The smallest absolute Gasteiger partial charge is 0.320 e. The second-order valence-electron chi connectivity index (χ2n) is 13.6. The zero-order chi connectivity index (χ0) is 34.5. The highest BCUT2D eigenvalue weighted by atomic mass is 19.3. The van der Waals surface area contributed by atoms with Crippen molar-refractivity contribution in [2.75, 3.05) is 52.1 Å². The zero-order valence-electron chi connectivity index (χ0n) is 27.7. The largest absolute Gasteiger partial charge is 0.467 e. The highest BCUT2D eigenvalue weighted by Gasteiger charge is 2.43. The number of anilines is 1. The average Bonchev–Trinajstić information content (AvgIpc) is 3.51. The molecule has 4 aromatic rings. The van der Waals surface area contributed by atoms with Gasteiger partial charge in [-0.25, -0.2) is 13.2 Å². The van der Waals surface area contributed by atoms with E-state index in [2.05, 4.69) is 10.9 Å². The summed E-state index contributed by atoms with van der Waals surface area (Å²) in [6.45, 7) is 2.29. The maximum Gasteiger partial charge on any atom is 0.320 e. The number of benzene rings is 2. The van der Waals surface area contributed by atoms with Gasteiger partial charge in [-0.05, 0) is 63.6 Å². The molecule has 0 spiro atoms. The number of β-amino-alcohol motifs (C(OH)–C–C–N with tert-alkyl or cyclic N) is 1. The summed E-state index contributed by atoms with van der Waals surface area (Å²) in [6.07, 6.45) is 9.49. The van der Waals surface area contributed by atoms with Crippen LogP contribution in [0.15, 0.2) is 24.3 Å². The van der Waals surface area contributed by atoms with E-state index in [4.69, 9.17) is 35.3 Å². The first kappa shape index (κ1) is 33.2. The van der Waals surface area contributed by atoms with Gasteiger partial charge in [0.1, 0.15) is 29.4 Å². The van der Waals surface area contributed by atoms with E-state index >= 15 is 4.39 Å². The Bertz CT molecular complexity index is 1920. The van der Waals surface area contributed by atoms with Crippen LogP contribution in [0.25, 0.3) is 21.9 Å². The number of aromatic nitrogens is 4. The third kappa shape index (κ3) is 6.54. The molecule has 4 heterocycles. The number of nitrogens with zero attached hydrogens (tertiary/aromatic N) is 6. The predicted molar refractivity (Wildman–Crippen MR) is 176 cm³/mol. The van der Waals surface area contributed by atoms with E-state index in [9.17, 15) is 13.9 Å². The number of alkyl halides is 2. The zero-order valence-corrected chi connectivity index (χ0v) is 27.7. The van der Waals surface area contributed by atoms with E-state index in [0.29, 0.717) is 47.4 Å². The standard InChI is InChI=1S/C35H39F3N6O5/c1-5-25-26(36)11-10-21-14-24(48-20-46-4)15-27(28(21)25)49-33-40-30-29(44(33)22-8-6-9-22)31(43-13-7-12-34(2,45)18-43)41-32(39-30)47-17-23-16-35(37,38)19-42(23)3/h1,10-11,14-15,22-23,45H,6-9,12-13,16-20H2,2-4H3/t23-,34+/m0/s1. The van der Waals surface area contributed by atoms with E-state index in [-0.39, 0.29) is 61.4 Å². The van der Waals surface area contributed by atoms with Crippen molar-refractivity contribution in [3.05, 3.63) is 35.6 Å². The van der Waals surface area contributed by atoms with Gasteiger partial charge < -0.3 is 29.0 Å². The number of hydrogen-bond donors (Lipinski definition) is 1. The number of likely N-dealkylation sites (N-methyl/N-ethyl adjacent to an activating group) is 1. The van der Waals surface area contributed by atoms with Gasteiger partial charge in [-0.2, -0.15) is 15.0 Å². The van der Waals surface area contributed by atoms with Crippen molar-refractivity contribution in [1.29, 1.82) is 0 Å². The number of fused-ring (bicyclic) bond motifs is 2. The fourth-order valence-corrected chi connectivity index (χ4v) is 7.01. The SMILES string of the molecule is C#Cc1c(F)ccc2cc(OCOC)cc(Oc3nc4nc(OC[C@@H]5CC(F)(F)CN5C)nc(N5CCC[C@@](C)(O)C5)c4n3C3CCC3)c12. The molecule has 2 saturated heterocycles. The second kappa shape index (κ2) is 12.9. The number of piperidine rings is 1. The van der Waals surface area contributed by atoms with Gasteiger partial charge in [0.2, 0.25) is 0 Å². The van der Waals surface area contributed by atoms with Gasteiger partial charge in [0.05, 0.1) is 17.7 Å². The van der Waals surface area contributed by atoms with E-state index in [1.165, 1.54) is 13.2 Å². The van der Waals surface area contributed by atoms with Gasteiger partial charge in [-0.15, -0.1) is 6.42 Å². The molecular formula is C35H39F3N6O5. The lowest BCUT2D eigenvalue weighted by atomic mass is 9.92. The molecule has 7 rings (SSSR count). The van der Waals surface area contributed by atoms with Crippen LogP contribution in [0.3, 0.4) is 0 Å². The Balaban J connectivity index is 1.36. The summed E-state index contributed by atoms with van der Waals surface area (Å²) in [5.41, 5.74) is -0.0660. The predicted octanol–water partition coefficient (Wildman–Crippen LogP) is 5.67. The number of rotatable bonds is 10. The van der Waals surface area contributed by atoms with Crippen LogP contribution in [0.2, 0.25) is 0 Å². The second-order valence-corrected chi connectivity index (χ2v) is 13.6. The Hall–Kier alpha value is -4.32.